The summed E-state index contributed by atoms with van der Waals surface area (Å²) in [7, 11) is 5.42. The van der Waals surface area contributed by atoms with Gasteiger partial charge < -0.3 is 15.0 Å². The first-order valence-corrected chi connectivity index (χ1v) is 4.06. The van der Waals surface area contributed by atoms with Crippen LogP contribution in [0, 0.1) is 0 Å². The third kappa shape index (κ3) is 2.19. The van der Waals surface area contributed by atoms with Crippen molar-refractivity contribution >= 4 is 0 Å². The summed E-state index contributed by atoms with van der Waals surface area (Å²) in [5.41, 5.74) is 5.59. The summed E-state index contributed by atoms with van der Waals surface area (Å²) in [6.45, 7) is 0.491. The van der Waals surface area contributed by atoms with Gasteiger partial charge in [-0.05, 0) is 19.3 Å². The van der Waals surface area contributed by atoms with Crippen molar-refractivity contribution in [1.29, 1.82) is 0 Å². The topological polar surface area (TPSA) is 64.5 Å². The fraction of sp³-hybridized carbons (Fsp3) is 0.625. The van der Waals surface area contributed by atoms with E-state index in [1.54, 1.807) is 13.2 Å². The lowest BCUT2D eigenvalue weighted by atomic mass is 10.2. The second-order valence-electron chi connectivity index (χ2n) is 2.99. The molecule has 1 unspecified atom stereocenters. The van der Waals surface area contributed by atoms with Crippen LogP contribution in [0.2, 0.25) is 0 Å². The number of nitrogens with two attached hydrogens (primary N) is 1. The Labute approximate surface area is 77.4 Å². The highest BCUT2D eigenvalue weighted by Crippen LogP contribution is 2.20. The van der Waals surface area contributed by atoms with Crippen LogP contribution in [0.25, 0.3) is 0 Å². The fourth-order valence-electron chi connectivity index (χ4n) is 1.11. The maximum atomic E-state index is 5.59. The summed E-state index contributed by atoms with van der Waals surface area (Å²) < 4.78 is 9.98. The van der Waals surface area contributed by atoms with E-state index < -0.39 is 0 Å². The quantitative estimate of drug-likeness (QED) is 0.728. The van der Waals surface area contributed by atoms with E-state index in [-0.39, 0.29) is 6.04 Å². The first-order valence-electron chi connectivity index (χ1n) is 4.06. The summed E-state index contributed by atoms with van der Waals surface area (Å²) in [5, 5.41) is 3.71. The second kappa shape index (κ2) is 4.25. The molecule has 5 nitrogen and oxygen atoms in total. The van der Waals surface area contributed by atoms with E-state index in [0.29, 0.717) is 12.4 Å². The molecular weight excluding hydrogens is 170 g/mol. The van der Waals surface area contributed by atoms with Crippen molar-refractivity contribution in [2.75, 3.05) is 27.7 Å². The standard InChI is InChI=1S/C8H15N3O2/c1-11(2)6(5-9)7-4-8(12-3)10-13-7/h4,6H,5,9H2,1-3H3. The Bertz CT molecular complexity index is 260. The van der Waals surface area contributed by atoms with Crippen molar-refractivity contribution in [3.8, 4) is 5.88 Å². The minimum Gasteiger partial charge on any atom is -0.479 e. The van der Waals surface area contributed by atoms with Gasteiger partial charge in [0.05, 0.1) is 13.2 Å². The average molecular weight is 185 g/mol. The van der Waals surface area contributed by atoms with Gasteiger partial charge in [-0.1, -0.05) is 0 Å². The SMILES string of the molecule is COc1cc(C(CN)N(C)C)on1. The molecule has 0 aromatic carbocycles. The third-order valence-electron chi connectivity index (χ3n) is 1.89. The minimum absolute atomic E-state index is 0.0522. The largest absolute Gasteiger partial charge is 0.479 e. The summed E-state index contributed by atoms with van der Waals surface area (Å²) in [4.78, 5) is 1.97. The van der Waals surface area contributed by atoms with Crippen LogP contribution in [0.4, 0.5) is 0 Å². The number of aromatic nitrogens is 1. The molecule has 1 aromatic heterocycles. The number of hydrogen-bond donors (Lipinski definition) is 1. The van der Waals surface area contributed by atoms with E-state index >= 15 is 0 Å². The van der Waals surface area contributed by atoms with Gasteiger partial charge in [-0.15, -0.1) is 0 Å². The normalized spacial score (nSPS) is 13.3. The van der Waals surface area contributed by atoms with Gasteiger partial charge in [-0.2, -0.15) is 0 Å². The number of rotatable bonds is 4. The molecule has 13 heavy (non-hydrogen) atoms. The summed E-state index contributed by atoms with van der Waals surface area (Å²) >= 11 is 0. The van der Waals surface area contributed by atoms with E-state index in [2.05, 4.69) is 5.16 Å². The number of nitrogens with zero attached hydrogens (tertiary/aromatic N) is 2. The smallest absolute Gasteiger partial charge is 0.254 e. The minimum atomic E-state index is 0.0522. The van der Waals surface area contributed by atoms with Crippen LogP contribution in [0.15, 0.2) is 10.6 Å². The molecular formula is C8H15N3O2. The number of methoxy groups -OCH3 is 1. The molecule has 1 rings (SSSR count). The molecule has 0 fully saturated rings. The first-order chi connectivity index (χ1) is 6.19. The monoisotopic (exact) mass is 185 g/mol. The zero-order valence-corrected chi connectivity index (χ0v) is 8.15. The number of likely N-dealkylation sites (N-methyl/N-ethyl adjacent to an activating group) is 1. The predicted molar refractivity (Wildman–Crippen MR) is 48.5 cm³/mol. The highest BCUT2D eigenvalue weighted by atomic mass is 16.5. The van der Waals surface area contributed by atoms with Gasteiger partial charge >= 0.3 is 0 Å². The molecule has 0 bridgehead atoms. The predicted octanol–water partition coefficient (Wildman–Crippen LogP) is 0.245. The molecule has 2 N–H and O–H groups in total. The van der Waals surface area contributed by atoms with Crippen LogP contribution in [-0.4, -0.2) is 37.8 Å². The number of hydrogen-bond acceptors (Lipinski definition) is 5. The van der Waals surface area contributed by atoms with Crippen molar-refractivity contribution < 1.29 is 9.26 Å². The van der Waals surface area contributed by atoms with Crippen LogP contribution in [0.5, 0.6) is 5.88 Å². The fourth-order valence-corrected chi connectivity index (χ4v) is 1.11. The molecule has 0 saturated heterocycles. The Kier molecular flexibility index (Phi) is 3.27. The van der Waals surface area contributed by atoms with Crippen molar-refractivity contribution in [3.63, 3.8) is 0 Å². The highest BCUT2D eigenvalue weighted by molar-refractivity contribution is 5.14. The summed E-state index contributed by atoms with van der Waals surface area (Å²) in [5.74, 6) is 1.21. The second-order valence-corrected chi connectivity index (χ2v) is 2.99. The van der Waals surface area contributed by atoms with Gasteiger partial charge in [0, 0.05) is 12.6 Å². The van der Waals surface area contributed by atoms with Crippen LogP contribution >= 0.6 is 0 Å². The van der Waals surface area contributed by atoms with Gasteiger partial charge in [0.25, 0.3) is 5.88 Å². The van der Waals surface area contributed by atoms with E-state index in [1.807, 2.05) is 19.0 Å². The molecule has 0 radical (unpaired) electrons. The summed E-state index contributed by atoms with van der Waals surface area (Å²) in [6.07, 6.45) is 0. The Hall–Kier alpha value is -1.07. The molecule has 0 saturated carbocycles. The van der Waals surface area contributed by atoms with E-state index in [9.17, 15) is 0 Å². The molecule has 0 amide bonds. The van der Waals surface area contributed by atoms with E-state index in [0.717, 1.165) is 5.76 Å². The van der Waals surface area contributed by atoms with Crippen LogP contribution < -0.4 is 10.5 Å². The average Bonchev–Trinajstić information content (AvgIpc) is 2.53. The summed E-state index contributed by atoms with van der Waals surface area (Å²) in [6, 6.07) is 1.80. The zero-order chi connectivity index (χ0) is 9.84. The van der Waals surface area contributed by atoms with Crippen molar-refractivity contribution in [1.82, 2.24) is 10.1 Å². The van der Waals surface area contributed by atoms with Gasteiger partial charge in [-0.3, -0.25) is 4.90 Å². The van der Waals surface area contributed by atoms with Crippen molar-refractivity contribution in [2.45, 2.75) is 6.04 Å². The lowest BCUT2D eigenvalue weighted by Crippen LogP contribution is -2.26. The maximum absolute atomic E-state index is 5.59. The van der Waals surface area contributed by atoms with Crippen LogP contribution in [0.1, 0.15) is 11.8 Å². The molecule has 0 aliphatic carbocycles. The van der Waals surface area contributed by atoms with Crippen molar-refractivity contribution in [3.05, 3.63) is 11.8 Å². The first kappa shape index (κ1) is 10.0. The molecule has 0 aliphatic heterocycles. The Morgan fingerprint density at radius 1 is 1.69 bits per heavy atom. The van der Waals surface area contributed by atoms with Gasteiger partial charge in [0.1, 0.15) is 0 Å². The van der Waals surface area contributed by atoms with E-state index in [4.69, 9.17) is 15.0 Å². The van der Waals surface area contributed by atoms with Gasteiger partial charge in [-0.25, -0.2) is 0 Å². The Morgan fingerprint density at radius 3 is 2.77 bits per heavy atom. The van der Waals surface area contributed by atoms with Gasteiger partial charge in [0.2, 0.25) is 0 Å². The lowest BCUT2D eigenvalue weighted by molar-refractivity contribution is 0.237. The molecule has 74 valence electrons. The molecule has 0 aliphatic rings. The van der Waals surface area contributed by atoms with Gasteiger partial charge in [0.15, 0.2) is 5.76 Å². The molecule has 1 aromatic rings. The highest BCUT2D eigenvalue weighted by Gasteiger charge is 2.17. The molecule has 0 spiro atoms. The lowest BCUT2D eigenvalue weighted by Gasteiger charge is -2.18. The molecule has 5 heteroatoms. The van der Waals surface area contributed by atoms with Crippen LogP contribution in [-0.2, 0) is 0 Å². The Morgan fingerprint density at radius 2 is 2.38 bits per heavy atom. The molecule has 1 heterocycles. The van der Waals surface area contributed by atoms with E-state index in [1.165, 1.54) is 0 Å². The third-order valence-corrected chi connectivity index (χ3v) is 1.89. The maximum Gasteiger partial charge on any atom is 0.254 e. The molecule has 1 atom stereocenters. The zero-order valence-electron chi connectivity index (χ0n) is 8.15. The van der Waals surface area contributed by atoms with Crippen molar-refractivity contribution in [2.24, 2.45) is 5.73 Å². The Balaban J connectivity index is 2.79. The van der Waals surface area contributed by atoms with Crippen LogP contribution in [0.3, 0.4) is 0 Å². The number of ether oxygens (including phenoxy) is 1.